The lowest BCUT2D eigenvalue weighted by Gasteiger charge is -2.16. The second-order valence-electron chi connectivity index (χ2n) is 4.52. The van der Waals surface area contributed by atoms with Crippen molar-refractivity contribution in [3.8, 4) is 0 Å². The molecule has 1 N–H and O–H groups in total. The van der Waals surface area contributed by atoms with Crippen molar-refractivity contribution >= 4 is 0 Å². The molecule has 0 spiro atoms. The first-order valence-corrected chi connectivity index (χ1v) is 5.61. The molecule has 2 nitrogen and oxygen atoms in total. The second kappa shape index (κ2) is 4.85. The minimum atomic E-state index is -4.54. The molecule has 0 amide bonds. The lowest BCUT2D eigenvalue weighted by Crippen LogP contribution is -2.22. The van der Waals surface area contributed by atoms with Crippen LogP contribution in [-0.4, -0.2) is 29.2 Å². The number of nitrogens with zero attached hydrogens (tertiary/aromatic N) is 1. The van der Waals surface area contributed by atoms with Crippen LogP contribution in [0.4, 0.5) is 17.6 Å². The van der Waals surface area contributed by atoms with E-state index in [-0.39, 0.29) is 12.1 Å². The van der Waals surface area contributed by atoms with E-state index in [1.54, 1.807) is 4.90 Å². The Hall–Kier alpha value is -1.14. The minimum absolute atomic E-state index is 0.220. The van der Waals surface area contributed by atoms with Crippen LogP contribution < -0.4 is 0 Å². The summed E-state index contributed by atoms with van der Waals surface area (Å²) in [6.07, 6.45) is -4.39. The Morgan fingerprint density at radius 1 is 1.28 bits per heavy atom. The molecular formula is C12H13F4NO. The molecule has 1 saturated heterocycles. The van der Waals surface area contributed by atoms with E-state index >= 15 is 0 Å². The molecular weight excluding hydrogens is 250 g/mol. The highest BCUT2D eigenvalue weighted by atomic mass is 19.4. The third kappa shape index (κ3) is 3.20. The molecule has 1 aromatic rings. The Balaban J connectivity index is 2.15. The van der Waals surface area contributed by atoms with Gasteiger partial charge in [-0.05, 0) is 30.2 Å². The van der Waals surface area contributed by atoms with Crippen molar-refractivity contribution in [1.29, 1.82) is 0 Å². The summed E-state index contributed by atoms with van der Waals surface area (Å²) in [6, 6.07) is 2.54. The van der Waals surface area contributed by atoms with E-state index < -0.39 is 23.7 Å². The van der Waals surface area contributed by atoms with E-state index in [9.17, 15) is 22.7 Å². The normalized spacial score (nSPS) is 21.5. The van der Waals surface area contributed by atoms with Crippen LogP contribution in [0.1, 0.15) is 17.5 Å². The molecule has 0 bridgehead atoms. The quantitative estimate of drug-likeness (QED) is 0.828. The molecule has 100 valence electrons. The monoisotopic (exact) mass is 263 g/mol. The molecule has 1 fully saturated rings. The summed E-state index contributed by atoms with van der Waals surface area (Å²) < 4.78 is 50.7. The van der Waals surface area contributed by atoms with E-state index in [0.29, 0.717) is 25.6 Å². The summed E-state index contributed by atoms with van der Waals surface area (Å²) in [5, 5.41) is 9.32. The zero-order chi connectivity index (χ0) is 13.3. The molecule has 0 saturated carbocycles. The predicted octanol–water partition coefficient (Wildman–Crippen LogP) is 2.41. The molecule has 0 unspecified atom stereocenters. The van der Waals surface area contributed by atoms with Crippen LogP contribution >= 0.6 is 0 Å². The van der Waals surface area contributed by atoms with Crippen molar-refractivity contribution < 1.29 is 22.7 Å². The second-order valence-corrected chi connectivity index (χ2v) is 4.52. The maximum atomic E-state index is 13.1. The maximum Gasteiger partial charge on any atom is 0.416 e. The first-order chi connectivity index (χ1) is 8.34. The van der Waals surface area contributed by atoms with Gasteiger partial charge in [-0.25, -0.2) is 4.39 Å². The number of aliphatic hydroxyl groups excluding tert-OH is 1. The number of likely N-dealkylation sites (tertiary alicyclic amines) is 1. The van der Waals surface area contributed by atoms with Crippen molar-refractivity contribution in [2.75, 3.05) is 13.1 Å². The van der Waals surface area contributed by atoms with Crippen molar-refractivity contribution in [1.82, 2.24) is 4.90 Å². The maximum absolute atomic E-state index is 13.1. The zero-order valence-electron chi connectivity index (χ0n) is 9.54. The van der Waals surface area contributed by atoms with Gasteiger partial charge < -0.3 is 5.11 Å². The van der Waals surface area contributed by atoms with Gasteiger partial charge in [0.15, 0.2) is 0 Å². The molecule has 1 aromatic carbocycles. The van der Waals surface area contributed by atoms with Crippen LogP contribution in [0.2, 0.25) is 0 Å². The highest BCUT2D eigenvalue weighted by molar-refractivity contribution is 5.26. The van der Waals surface area contributed by atoms with Crippen LogP contribution in [-0.2, 0) is 12.7 Å². The van der Waals surface area contributed by atoms with Crippen LogP contribution in [0.3, 0.4) is 0 Å². The van der Waals surface area contributed by atoms with Crippen LogP contribution in [0.15, 0.2) is 18.2 Å². The van der Waals surface area contributed by atoms with E-state index in [1.807, 2.05) is 0 Å². The van der Waals surface area contributed by atoms with Crippen molar-refractivity contribution in [3.63, 3.8) is 0 Å². The molecule has 0 radical (unpaired) electrons. The van der Waals surface area contributed by atoms with Gasteiger partial charge in [-0.3, -0.25) is 4.90 Å². The standard InChI is InChI=1S/C12H13F4NO/c13-10-4-8(3-9(5-10)12(14,15)16)6-17-2-1-11(18)7-17/h3-5,11,18H,1-2,6-7H2/t11-/m1/s1. The first kappa shape index (κ1) is 13.3. The van der Waals surface area contributed by atoms with Crippen LogP contribution in [0.25, 0.3) is 0 Å². The summed E-state index contributed by atoms with van der Waals surface area (Å²) >= 11 is 0. The Bertz CT molecular complexity index is 433. The number of benzene rings is 1. The fourth-order valence-corrected chi connectivity index (χ4v) is 2.12. The van der Waals surface area contributed by atoms with Crippen LogP contribution in [0, 0.1) is 5.82 Å². The van der Waals surface area contributed by atoms with E-state index in [2.05, 4.69) is 0 Å². The SMILES string of the molecule is O[C@@H]1CCN(Cc2cc(F)cc(C(F)(F)F)c2)C1. The Labute approximate surface area is 102 Å². The lowest BCUT2D eigenvalue weighted by atomic mass is 10.1. The van der Waals surface area contributed by atoms with Crippen molar-refractivity contribution in [2.45, 2.75) is 25.2 Å². The lowest BCUT2D eigenvalue weighted by molar-refractivity contribution is -0.137. The molecule has 1 aliphatic rings. The van der Waals surface area contributed by atoms with Gasteiger partial charge >= 0.3 is 6.18 Å². The van der Waals surface area contributed by atoms with Gasteiger partial charge in [0, 0.05) is 19.6 Å². The van der Waals surface area contributed by atoms with E-state index in [1.165, 1.54) is 0 Å². The highest BCUT2D eigenvalue weighted by Gasteiger charge is 2.31. The molecule has 18 heavy (non-hydrogen) atoms. The number of alkyl halides is 3. The molecule has 2 rings (SSSR count). The number of aliphatic hydroxyl groups is 1. The van der Waals surface area contributed by atoms with Crippen molar-refractivity contribution in [3.05, 3.63) is 35.1 Å². The van der Waals surface area contributed by atoms with Crippen molar-refractivity contribution in [2.24, 2.45) is 0 Å². The van der Waals surface area contributed by atoms with Crippen LogP contribution in [0.5, 0.6) is 0 Å². The Kier molecular flexibility index (Phi) is 3.59. The Morgan fingerprint density at radius 2 is 2.00 bits per heavy atom. The minimum Gasteiger partial charge on any atom is -0.392 e. The summed E-state index contributed by atoms with van der Waals surface area (Å²) in [5.74, 6) is -0.889. The van der Waals surface area contributed by atoms with Gasteiger partial charge in [-0.1, -0.05) is 0 Å². The van der Waals surface area contributed by atoms with Gasteiger partial charge in [0.05, 0.1) is 11.7 Å². The average molecular weight is 263 g/mol. The number of hydrogen-bond acceptors (Lipinski definition) is 2. The molecule has 1 heterocycles. The third-order valence-corrected chi connectivity index (χ3v) is 2.94. The topological polar surface area (TPSA) is 23.5 Å². The van der Waals surface area contributed by atoms with E-state index in [4.69, 9.17) is 0 Å². The van der Waals surface area contributed by atoms with Gasteiger partial charge in [-0.2, -0.15) is 13.2 Å². The molecule has 0 aliphatic carbocycles. The van der Waals surface area contributed by atoms with Gasteiger partial charge in [0.2, 0.25) is 0 Å². The summed E-state index contributed by atoms with van der Waals surface area (Å²) in [6.45, 7) is 1.24. The number of halogens is 4. The first-order valence-electron chi connectivity index (χ1n) is 5.61. The summed E-state index contributed by atoms with van der Waals surface area (Å²) in [5.41, 5.74) is -0.700. The molecule has 1 atom stereocenters. The molecule has 6 heteroatoms. The predicted molar refractivity (Wildman–Crippen MR) is 57.3 cm³/mol. The summed E-state index contributed by atoms with van der Waals surface area (Å²) in [4.78, 5) is 1.81. The Morgan fingerprint density at radius 3 is 2.56 bits per heavy atom. The largest absolute Gasteiger partial charge is 0.416 e. The van der Waals surface area contributed by atoms with Gasteiger partial charge in [0.25, 0.3) is 0 Å². The number of β-amino-alcohol motifs (C(OH)–C–C–N with tert-alkyl or cyclic N) is 1. The fourth-order valence-electron chi connectivity index (χ4n) is 2.12. The molecule has 0 aromatic heterocycles. The summed E-state index contributed by atoms with van der Waals surface area (Å²) in [7, 11) is 0. The third-order valence-electron chi connectivity index (χ3n) is 2.94. The number of rotatable bonds is 2. The van der Waals surface area contributed by atoms with E-state index in [0.717, 1.165) is 12.1 Å². The number of hydrogen-bond donors (Lipinski definition) is 1. The fraction of sp³-hybridized carbons (Fsp3) is 0.500. The smallest absolute Gasteiger partial charge is 0.392 e. The molecule has 1 aliphatic heterocycles. The zero-order valence-corrected chi connectivity index (χ0v) is 9.54. The van der Waals surface area contributed by atoms with Gasteiger partial charge in [-0.15, -0.1) is 0 Å². The average Bonchev–Trinajstić information content (AvgIpc) is 2.61. The van der Waals surface area contributed by atoms with Gasteiger partial charge in [0.1, 0.15) is 5.82 Å². The highest BCUT2D eigenvalue weighted by Crippen LogP contribution is 2.30.